The van der Waals surface area contributed by atoms with Crippen LogP contribution in [0.15, 0.2) is 23.6 Å². The largest absolute Gasteiger partial charge is 0.330 e. The molecule has 1 amide bonds. The minimum absolute atomic E-state index is 0.00223. The van der Waals surface area contributed by atoms with Crippen LogP contribution in [0, 0.1) is 5.92 Å². The van der Waals surface area contributed by atoms with Crippen LogP contribution in [0.5, 0.6) is 0 Å². The van der Waals surface area contributed by atoms with Crippen molar-refractivity contribution in [2.75, 3.05) is 0 Å². The van der Waals surface area contributed by atoms with Crippen molar-refractivity contribution in [2.45, 2.75) is 51.1 Å². The fourth-order valence-corrected chi connectivity index (χ4v) is 5.61. The molecule has 4 nitrogen and oxygen atoms in total. The Kier molecular flexibility index (Phi) is 5.28. The van der Waals surface area contributed by atoms with Gasteiger partial charge in [0, 0.05) is 35.4 Å². The molecule has 142 valence electrons. The van der Waals surface area contributed by atoms with Crippen molar-refractivity contribution in [3.8, 4) is 10.6 Å². The van der Waals surface area contributed by atoms with Gasteiger partial charge in [0.25, 0.3) is 5.91 Å². The molecule has 2 aliphatic rings. The van der Waals surface area contributed by atoms with Crippen LogP contribution in [0.25, 0.3) is 10.6 Å². The Balaban J connectivity index is 1.64. The predicted molar refractivity (Wildman–Crippen MR) is 109 cm³/mol. The molecular formula is C20H20Cl2N2O2S. The number of ketones is 1. The number of thiazole rings is 1. The standard InChI is InChI=1S/C20H20Cl2N2O2S/c1-11-9-17(25)12-5-2-3-8-16(12)24(11)20(26)15-10-27-19(23-15)13-6-4-7-14(21)18(13)22/h4,6-7,10-12,16H,2-3,5,8-9H2,1H3. The number of hydrogen-bond donors (Lipinski definition) is 0. The average Bonchev–Trinajstić information content (AvgIpc) is 3.14. The molecule has 7 heteroatoms. The van der Waals surface area contributed by atoms with Crippen LogP contribution < -0.4 is 0 Å². The Labute approximate surface area is 172 Å². The lowest BCUT2D eigenvalue weighted by Gasteiger charge is -2.46. The van der Waals surface area contributed by atoms with Crippen LogP contribution in [-0.2, 0) is 4.79 Å². The van der Waals surface area contributed by atoms with Gasteiger partial charge in [0.2, 0.25) is 0 Å². The molecule has 1 aliphatic heterocycles. The molecule has 0 N–H and O–H groups in total. The van der Waals surface area contributed by atoms with E-state index in [1.807, 2.05) is 24.0 Å². The number of rotatable bonds is 2. The van der Waals surface area contributed by atoms with E-state index in [9.17, 15) is 9.59 Å². The Morgan fingerprint density at radius 1 is 1.26 bits per heavy atom. The number of amides is 1. The van der Waals surface area contributed by atoms with Crippen LogP contribution >= 0.6 is 34.5 Å². The molecule has 2 fully saturated rings. The third-order valence-corrected chi connectivity index (χ3v) is 7.31. The van der Waals surface area contributed by atoms with Gasteiger partial charge in [0.15, 0.2) is 0 Å². The zero-order chi connectivity index (χ0) is 19.1. The third kappa shape index (κ3) is 3.41. The fourth-order valence-electron chi connectivity index (χ4n) is 4.34. The minimum Gasteiger partial charge on any atom is -0.330 e. The average molecular weight is 423 g/mol. The van der Waals surface area contributed by atoms with Crippen molar-refractivity contribution in [1.82, 2.24) is 9.88 Å². The van der Waals surface area contributed by atoms with E-state index < -0.39 is 0 Å². The molecule has 0 spiro atoms. The molecule has 27 heavy (non-hydrogen) atoms. The highest BCUT2D eigenvalue weighted by Crippen LogP contribution is 2.38. The van der Waals surface area contributed by atoms with Crippen molar-refractivity contribution in [3.05, 3.63) is 39.3 Å². The van der Waals surface area contributed by atoms with E-state index in [1.165, 1.54) is 11.3 Å². The van der Waals surface area contributed by atoms with Crippen LogP contribution in [0.3, 0.4) is 0 Å². The van der Waals surface area contributed by atoms with E-state index in [1.54, 1.807) is 11.4 Å². The second kappa shape index (κ2) is 7.53. The van der Waals surface area contributed by atoms with Gasteiger partial charge in [-0.3, -0.25) is 9.59 Å². The van der Waals surface area contributed by atoms with E-state index in [2.05, 4.69) is 4.98 Å². The molecule has 1 aromatic carbocycles. The van der Waals surface area contributed by atoms with Crippen LogP contribution in [0.1, 0.15) is 49.5 Å². The lowest BCUT2D eigenvalue weighted by molar-refractivity contribution is -0.131. The van der Waals surface area contributed by atoms with E-state index in [-0.39, 0.29) is 23.9 Å². The first-order valence-electron chi connectivity index (χ1n) is 9.22. The third-order valence-electron chi connectivity index (χ3n) is 5.61. The van der Waals surface area contributed by atoms with Crippen molar-refractivity contribution < 1.29 is 9.59 Å². The van der Waals surface area contributed by atoms with Gasteiger partial charge in [-0.15, -0.1) is 11.3 Å². The van der Waals surface area contributed by atoms with Gasteiger partial charge >= 0.3 is 0 Å². The van der Waals surface area contributed by atoms with Gasteiger partial charge in [-0.2, -0.15) is 0 Å². The second-order valence-electron chi connectivity index (χ2n) is 7.33. The molecule has 3 unspecified atom stereocenters. The number of Topliss-reactive ketones (excluding diaryl/α,β-unsaturated/α-hetero) is 1. The highest BCUT2D eigenvalue weighted by molar-refractivity contribution is 7.13. The Bertz CT molecular complexity index is 898. The highest BCUT2D eigenvalue weighted by atomic mass is 35.5. The molecular weight excluding hydrogens is 403 g/mol. The molecule has 1 saturated heterocycles. The van der Waals surface area contributed by atoms with Gasteiger partial charge < -0.3 is 4.90 Å². The summed E-state index contributed by atoms with van der Waals surface area (Å²) in [4.78, 5) is 32.1. The normalized spacial score (nSPS) is 25.4. The number of halogens is 2. The number of piperidine rings is 1. The number of fused-ring (bicyclic) bond motifs is 1. The van der Waals surface area contributed by atoms with E-state index >= 15 is 0 Å². The summed E-state index contributed by atoms with van der Waals surface area (Å²) >= 11 is 13.8. The maximum absolute atomic E-state index is 13.3. The Hall–Kier alpha value is -1.43. The molecule has 3 atom stereocenters. The lowest BCUT2D eigenvalue weighted by atomic mass is 9.75. The van der Waals surface area contributed by atoms with E-state index in [0.29, 0.717) is 33.0 Å². The molecule has 1 aromatic heterocycles. The summed E-state index contributed by atoms with van der Waals surface area (Å²) in [6.45, 7) is 1.96. The smallest absolute Gasteiger partial charge is 0.273 e. The molecule has 0 bridgehead atoms. The maximum Gasteiger partial charge on any atom is 0.273 e. The molecule has 0 radical (unpaired) electrons. The first-order chi connectivity index (χ1) is 13.0. The number of likely N-dealkylation sites (tertiary alicyclic amines) is 1. The Morgan fingerprint density at radius 2 is 2.04 bits per heavy atom. The van der Waals surface area contributed by atoms with Gasteiger partial charge in [0.1, 0.15) is 16.5 Å². The van der Waals surface area contributed by atoms with Gasteiger partial charge in [0.05, 0.1) is 10.0 Å². The van der Waals surface area contributed by atoms with E-state index in [4.69, 9.17) is 23.2 Å². The van der Waals surface area contributed by atoms with Crippen molar-refractivity contribution in [3.63, 3.8) is 0 Å². The summed E-state index contributed by atoms with van der Waals surface area (Å²) in [5.41, 5.74) is 1.14. The first kappa shape index (κ1) is 18.9. The topological polar surface area (TPSA) is 50.3 Å². The SMILES string of the molecule is CC1CC(=O)C2CCCCC2N1C(=O)c1csc(-c2cccc(Cl)c2Cl)n1. The number of aromatic nitrogens is 1. The summed E-state index contributed by atoms with van der Waals surface area (Å²) in [6.07, 6.45) is 4.34. The monoisotopic (exact) mass is 422 g/mol. The summed E-state index contributed by atoms with van der Waals surface area (Å²) < 4.78 is 0. The molecule has 1 aliphatic carbocycles. The van der Waals surface area contributed by atoms with Crippen LogP contribution in [0.2, 0.25) is 10.0 Å². The summed E-state index contributed by atoms with van der Waals surface area (Å²) in [7, 11) is 0. The molecule has 2 aromatic rings. The fraction of sp³-hybridized carbons (Fsp3) is 0.450. The number of carbonyl (C=O) groups excluding carboxylic acids is 2. The maximum atomic E-state index is 13.3. The Morgan fingerprint density at radius 3 is 2.85 bits per heavy atom. The quantitative estimate of drug-likeness (QED) is 0.643. The van der Waals surface area contributed by atoms with Gasteiger partial charge in [-0.05, 0) is 25.8 Å². The lowest BCUT2D eigenvalue weighted by Crippen LogP contribution is -2.57. The minimum atomic E-state index is -0.0933. The van der Waals surface area contributed by atoms with Crippen molar-refractivity contribution in [2.24, 2.45) is 5.92 Å². The number of benzene rings is 1. The number of hydrogen-bond acceptors (Lipinski definition) is 4. The van der Waals surface area contributed by atoms with Crippen LogP contribution in [-0.4, -0.2) is 33.7 Å². The zero-order valence-electron chi connectivity index (χ0n) is 15.0. The van der Waals surface area contributed by atoms with E-state index in [0.717, 1.165) is 31.2 Å². The van der Waals surface area contributed by atoms with Gasteiger partial charge in [-0.1, -0.05) is 48.2 Å². The molecule has 1 saturated carbocycles. The molecule has 4 rings (SSSR count). The summed E-state index contributed by atoms with van der Waals surface area (Å²) in [6, 6.07) is 5.30. The van der Waals surface area contributed by atoms with Crippen molar-refractivity contribution >= 4 is 46.2 Å². The second-order valence-corrected chi connectivity index (χ2v) is 8.97. The van der Waals surface area contributed by atoms with Crippen LogP contribution in [0.4, 0.5) is 0 Å². The number of nitrogens with zero attached hydrogens (tertiary/aromatic N) is 2. The molecule has 2 heterocycles. The van der Waals surface area contributed by atoms with Gasteiger partial charge in [-0.25, -0.2) is 4.98 Å². The predicted octanol–water partition coefficient (Wildman–Crippen LogP) is 5.48. The highest BCUT2D eigenvalue weighted by Gasteiger charge is 2.44. The summed E-state index contributed by atoms with van der Waals surface area (Å²) in [5, 5.41) is 3.35. The summed E-state index contributed by atoms with van der Waals surface area (Å²) in [5.74, 6) is 0.202. The van der Waals surface area contributed by atoms with Crippen molar-refractivity contribution in [1.29, 1.82) is 0 Å². The number of carbonyl (C=O) groups is 2. The zero-order valence-corrected chi connectivity index (χ0v) is 17.3. The first-order valence-corrected chi connectivity index (χ1v) is 10.9.